The summed E-state index contributed by atoms with van der Waals surface area (Å²) in [7, 11) is 1.85. The van der Waals surface area contributed by atoms with E-state index in [2.05, 4.69) is 11.9 Å². The van der Waals surface area contributed by atoms with Crippen molar-refractivity contribution in [3.63, 3.8) is 0 Å². The summed E-state index contributed by atoms with van der Waals surface area (Å²) in [6, 6.07) is 7.59. The molecule has 2 rings (SSSR count). The fraction of sp³-hybridized carbons (Fsp3) is 0.375. The molecule has 1 amide bonds. The van der Waals surface area contributed by atoms with Gasteiger partial charge in [-0.2, -0.15) is 0 Å². The molecule has 0 unspecified atom stereocenters. The second-order valence-corrected chi connectivity index (χ2v) is 6.29. The summed E-state index contributed by atoms with van der Waals surface area (Å²) in [6.45, 7) is 2.93. The molecule has 0 aliphatic carbocycles. The van der Waals surface area contributed by atoms with Crippen molar-refractivity contribution in [2.45, 2.75) is 26.2 Å². The van der Waals surface area contributed by atoms with Gasteiger partial charge in [0.05, 0.1) is 12.1 Å². The minimum atomic E-state index is 0.122. The van der Waals surface area contributed by atoms with Gasteiger partial charge in [-0.1, -0.05) is 37.1 Å². The second-order valence-electron chi connectivity index (χ2n) is 5.00. The monoisotopic (exact) mass is 322 g/mol. The third-order valence-electron chi connectivity index (χ3n) is 3.25. The van der Waals surface area contributed by atoms with Crippen molar-refractivity contribution in [3.05, 3.63) is 40.4 Å². The SMILES string of the molecule is CCCCN(C)C(=O)Cc1csc(-c2ccc(Cl)cc2)n1. The normalized spacial score (nSPS) is 10.6. The topological polar surface area (TPSA) is 33.2 Å². The summed E-state index contributed by atoms with van der Waals surface area (Å²) >= 11 is 7.44. The number of carbonyl (C=O) groups excluding carboxylic acids is 1. The number of nitrogens with zero attached hydrogens (tertiary/aromatic N) is 2. The van der Waals surface area contributed by atoms with E-state index < -0.39 is 0 Å². The fourth-order valence-electron chi connectivity index (χ4n) is 1.92. The van der Waals surface area contributed by atoms with Crippen LogP contribution in [0.25, 0.3) is 10.6 Å². The zero-order valence-electron chi connectivity index (χ0n) is 12.3. The molecule has 0 N–H and O–H groups in total. The first kappa shape index (κ1) is 16.0. The summed E-state index contributed by atoms with van der Waals surface area (Å²) in [5, 5.41) is 3.59. The number of rotatable bonds is 6. The molecule has 0 aliphatic heterocycles. The number of likely N-dealkylation sites (N-methyl/N-ethyl adjacent to an activating group) is 1. The van der Waals surface area contributed by atoms with Crippen molar-refractivity contribution in [3.8, 4) is 10.6 Å². The lowest BCUT2D eigenvalue weighted by Gasteiger charge is -2.15. The van der Waals surface area contributed by atoms with Gasteiger partial charge in [0.25, 0.3) is 0 Å². The van der Waals surface area contributed by atoms with E-state index in [0.717, 1.165) is 35.7 Å². The van der Waals surface area contributed by atoms with Crippen LogP contribution in [0.5, 0.6) is 0 Å². The highest BCUT2D eigenvalue weighted by Gasteiger charge is 2.12. The Bertz CT molecular complexity index is 595. The van der Waals surface area contributed by atoms with Crippen LogP contribution in [0.1, 0.15) is 25.5 Å². The molecule has 5 heteroatoms. The lowest BCUT2D eigenvalue weighted by atomic mass is 10.2. The van der Waals surface area contributed by atoms with Gasteiger partial charge < -0.3 is 4.90 Å². The highest BCUT2D eigenvalue weighted by molar-refractivity contribution is 7.13. The highest BCUT2D eigenvalue weighted by atomic mass is 35.5. The zero-order chi connectivity index (χ0) is 15.2. The van der Waals surface area contributed by atoms with Crippen LogP contribution in [-0.2, 0) is 11.2 Å². The maximum atomic E-state index is 12.1. The van der Waals surface area contributed by atoms with Crippen LogP contribution in [0, 0.1) is 0 Å². The summed E-state index contributed by atoms with van der Waals surface area (Å²) in [5.41, 5.74) is 1.86. The molecule has 3 nitrogen and oxygen atoms in total. The Morgan fingerprint density at radius 2 is 2.05 bits per heavy atom. The number of aromatic nitrogens is 1. The van der Waals surface area contributed by atoms with Gasteiger partial charge in [-0.15, -0.1) is 11.3 Å². The molecule has 0 bridgehead atoms. The van der Waals surface area contributed by atoms with E-state index in [1.54, 1.807) is 16.2 Å². The minimum absolute atomic E-state index is 0.122. The molecule has 1 aromatic carbocycles. The summed E-state index contributed by atoms with van der Waals surface area (Å²) in [4.78, 5) is 18.4. The van der Waals surface area contributed by atoms with Gasteiger partial charge in [-0.25, -0.2) is 4.98 Å². The molecular formula is C16H19ClN2OS. The van der Waals surface area contributed by atoms with E-state index in [1.807, 2.05) is 36.7 Å². The Hall–Kier alpha value is -1.39. The van der Waals surface area contributed by atoms with Gasteiger partial charge in [0.1, 0.15) is 5.01 Å². The maximum Gasteiger partial charge on any atom is 0.228 e. The van der Waals surface area contributed by atoms with E-state index in [4.69, 9.17) is 11.6 Å². The number of hydrogen-bond donors (Lipinski definition) is 0. The second kappa shape index (κ2) is 7.57. The molecule has 0 radical (unpaired) electrons. The van der Waals surface area contributed by atoms with Crippen LogP contribution in [0.15, 0.2) is 29.6 Å². The van der Waals surface area contributed by atoms with E-state index in [1.165, 1.54) is 0 Å². The van der Waals surface area contributed by atoms with Crippen LogP contribution in [-0.4, -0.2) is 29.4 Å². The third-order valence-corrected chi connectivity index (χ3v) is 4.44. The first-order valence-corrected chi connectivity index (χ1v) is 8.30. The Balaban J connectivity index is 2.00. The van der Waals surface area contributed by atoms with Gasteiger partial charge in [-0.05, 0) is 18.6 Å². The molecule has 0 atom stereocenters. The number of halogens is 1. The number of benzene rings is 1. The van der Waals surface area contributed by atoms with Gasteiger partial charge in [0.15, 0.2) is 0 Å². The highest BCUT2D eigenvalue weighted by Crippen LogP contribution is 2.25. The molecule has 112 valence electrons. The van der Waals surface area contributed by atoms with Crippen molar-refractivity contribution >= 4 is 28.8 Å². The minimum Gasteiger partial charge on any atom is -0.345 e. The first-order chi connectivity index (χ1) is 10.1. The average molecular weight is 323 g/mol. The van der Waals surface area contributed by atoms with E-state index in [0.29, 0.717) is 11.4 Å². The lowest BCUT2D eigenvalue weighted by Crippen LogP contribution is -2.29. The summed E-state index contributed by atoms with van der Waals surface area (Å²) < 4.78 is 0. The summed E-state index contributed by atoms with van der Waals surface area (Å²) in [6.07, 6.45) is 2.49. The quantitative estimate of drug-likeness (QED) is 0.796. The summed E-state index contributed by atoms with van der Waals surface area (Å²) in [5.74, 6) is 0.122. The number of carbonyl (C=O) groups is 1. The molecule has 2 aromatic rings. The van der Waals surface area contributed by atoms with Gasteiger partial charge >= 0.3 is 0 Å². The fourth-order valence-corrected chi connectivity index (χ4v) is 2.87. The van der Waals surface area contributed by atoms with Crippen LogP contribution in [0.2, 0.25) is 5.02 Å². The maximum absolute atomic E-state index is 12.1. The van der Waals surface area contributed by atoms with Crippen molar-refractivity contribution in [2.24, 2.45) is 0 Å². The molecule has 21 heavy (non-hydrogen) atoms. The Morgan fingerprint density at radius 3 is 2.71 bits per heavy atom. The van der Waals surface area contributed by atoms with E-state index in [-0.39, 0.29) is 5.91 Å². The van der Waals surface area contributed by atoms with Crippen LogP contribution >= 0.6 is 22.9 Å². The lowest BCUT2D eigenvalue weighted by molar-refractivity contribution is -0.129. The molecule has 1 heterocycles. The smallest absolute Gasteiger partial charge is 0.228 e. The molecule has 0 aliphatic rings. The predicted octanol–water partition coefficient (Wildman–Crippen LogP) is 4.26. The van der Waals surface area contributed by atoms with Crippen LogP contribution < -0.4 is 0 Å². The predicted molar refractivity (Wildman–Crippen MR) is 88.8 cm³/mol. The molecular weight excluding hydrogens is 304 g/mol. The van der Waals surface area contributed by atoms with E-state index >= 15 is 0 Å². The van der Waals surface area contributed by atoms with Crippen molar-refractivity contribution < 1.29 is 4.79 Å². The Labute approximate surface area is 134 Å². The molecule has 0 saturated carbocycles. The standard InChI is InChI=1S/C16H19ClN2OS/c1-3-4-9-19(2)15(20)10-14-11-21-16(18-14)12-5-7-13(17)8-6-12/h5-8,11H,3-4,9-10H2,1-2H3. The number of unbranched alkanes of at least 4 members (excludes halogenated alkanes) is 1. The largest absolute Gasteiger partial charge is 0.345 e. The van der Waals surface area contributed by atoms with Gasteiger partial charge in [0.2, 0.25) is 5.91 Å². The Morgan fingerprint density at radius 1 is 1.33 bits per heavy atom. The van der Waals surface area contributed by atoms with E-state index in [9.17, 15) is 4.79 Å². The molecule has 0 spiro atoms. The van der Waals surface area contributed by atoms with Crippen LogP contribution in [0.3, 0.4) is 0 Å². The average Bonchev–Trinajstić information content (AvgIpc) is 2.93. The molecule has 0 saturated heterocycles. The first-order valence-electron chi connectivity index (χ1n) is 7.04. The molecule has 0 fully saturated rings. The zero-order valence-corrected chi connectivity index (χ0v) is 13.9. The van der Waals surface area contributed by atoms with Crippen LogP contribution in [0.4, 0.5) is 0 Å². The van der Waals surface area contributed by atoms with Gasteiger partial charge in [0, 0.05) is 29.6 Å². The number of hydrogen-bond acceptors (Lipinski definition) is 3. The van der Waals surface area contributed by atoms with Gasteiger partial charge in [-0.3, -0.25) is 4.79 Å². The Kier molecular flexibility index (Phi) is 5.76. The molecule has 1 aromatic heterocycles. The third kappa shape index (κ3) is 4.55. The van der Waals surface area contributed by atoms with Crippen molar-refractivity contribution in [1.29, 1.82) is 0 Å². The number of thiazole rings is 1. The number of amides is 1. The van der Waals surface area contributed by atoms with Crippen molar-refractivity contribution in [2.75, 3.05) is 13.6 Å². The van der Waals surface area contributed by atoms with Crippen molar-refractivity contribution in [1.82, 2.24) is 9.88 Å².